The van der Waals surface area contributed by atoms with E-state index in [2.05, 4.69) is 9.97 Å². The lowest BCUT2D eigenvalue weighted by molar-refractivity contribution is -0.135. The molecule has 2 aliphatic heterocycles. The predicted molar refractivity (Wildman–Crippen MR) is 142 cm³/mol. The Labute approximate surface area is 220 Å². The normalized spacial score (nSPS) is 15.8. The molecule has 12 heteroatoms. The zero-order valence-corrected chi connectivity index (χ0v) is 21.8. The van der Waals surface area contributed by atoms with Gasteiger partial charge in [-0.25, -0.2) is 18.4 Å². The lowest BCUT2D eigenvalue weighted by atomic mass is 10.1. The molecule has 38 heavy (non-hydrogen) atoms. The summed E-state index contributed by atoms with van der Waals surface area (Å²) in [5.41, 5.74) is 2.96. The lowest BCUT2D eigenvalue weighted by Crippen LogP contribution is -2.41. The molecule has 1 N–H and O–H groups in total. The molecular formula is C26H27N5O6S. The van der Waals surface area contributed by atoms with Crippen LogP contribution in [0.2, 0.25) is 0 Å². The summed E-state index contributed by atoms with van der Waals surface area (Å²) in [4.78, 5) is 37.2. The van der Waals surface area contributed by atoms with Crippen LogP contribution in [0.5, 0.6) is 5.75 Å². The third-order valence-corrected chi connectivity index (χ3v) is 8.38. The van der Waals surface area contributed by atoms with Gasteiger partial charge in [0.15, 0.2) is 5.82 Å². The van der Waals surface area contributed by atoms with Crippen molar-refractivity contribution in [1.29, 1.82) is 0 Å². The van der Waals surface area contributed by atoms with Gasteiger partial charge in [-0.3, -0.25) is 13.9 Å². The van der Waals surface area contributed by atoms with Gasteiger partial charge in [-0.05, 0) is 49.2 Å². The number of sulfonamides is 1. The fraction of sp³-hybridized carbons (Fsp3) is 0.308. The van der Waals surface area contributed by atoms with Gasteiger partial charge in [0, 0.05) is 38.0 Å². The van der Waals surface area contributed by atoms with E-state index in [-0.39, 0.29) is 24.7 Å². The first-order valence-electron chi connectivity index (χ1n) is 12.2. The van der Waals surface area contributed by atoms with Gasteiger partial charge in [0.1, 0.15) is 18.1 Å². The molecule has 5 rings (SSSR count). The predicted octanol–water partition coefficient (Wildman–Crippen LogP) is 2.62. The maximum Gasteiger partial charge on any atom is 0.324 e. The zero-order chi connectivity index (χ0) is 27.0. The zero-order valence-electron chi connectivity index (χ0n) is 21.0. The third-order valence-electron chi connectivity index (χ3n) is 6.66. The van der Waals surface area contributed by atoms with Crippen LogP contribution in [-0.2, 0) is 27.7 Å². The summed E-state index contributed by atoms with van der Waals surface area (Å²) < 4.78 is 31.9. The van der Waals surface area contributed by atoms with Crippen molar-refractivity contribution < 1.29 is 27.9 Å². The van der Waals surface area contributed by atoms with E-state index in [1.165, 1.54) is 0 Å². The van der Waals surface area contributed by atoms with Gasteiger partial charge in [-0.2, -0.15) is 0 Å². The molecule has 1 aromatic carbocycles. The maximum absolute atomic E-state index is 13.3. The molecule has 0 radical (unpaired) electrons. The van der Waals surface area contributed by atoms with Gasteiger partial charge in [-0.1, -0.05) is 6.07 Å². The van der Waals surface area contributed by atoms with Crippen molar-refractivity contribution in [1.82, 2.24) is 9.97 Å². The SMILES string of the molecule is CCN1c2ncc(CCOc3cccc4c3CCS(=O)(=O)N4CC(=O)O)cc2C(=O)N(C)c2cccnc21. The summed E-state index contributed by atoms with van der Waals surface area (Å²) in [7, 11) is -2.00. The van der Waals surface area contributed by atoms with Crippen LogP contribution in [0.3, 0.4) is 0 Å². The second-order valence-electron chi connectivity index (χ2n) is 8.99. The van der Waals surface area contributed by atoms with Crippen molar-refractivity contribution >= 4 is 44.9 Å². The van der Waals surface area contributed by atoms with Crippen LogP contribution in [-0.4, -0.2) is 67.9 Å². The number of pyridine rings is 2. The topological polar surface area (TPSA) is 133 Å². The molecular weight excluding hydrogens is 510 g/mol. The molecule has 0 fully saturated rings. The molecule has 4 heterocycles. The van der Waals surface area contributed by atoms with Gasteiger partial charge in [-0.15, -0.1) is 0 Å². The summed E-state index contributed by atoms with van der Waals surface area (Å²) in [6, 6.07) is 10.4. The lowest BCUT2D eigenvalue weighted by Gasteiger charge is -2.30. The van der Waals surface area contributed by atoms with E-state index in [0.29, 0.717) is 52.9 Å². The van der Waals surface area contributed by atoms with E-state index >= 15 is 0 Å². The standard InChI is InChI=1S/C26H27N5O6S/c1-3-30-24-19(26(34)29(2)21-7-5-11-27-25(21)30)14-17(15-28-24)9-12-37-22-8-4-6-20-18(22)10-13-38(35,36)31(20)16-23(32)33/h4-8,11,14-15H,3,9-10,12-13,16H2,1-2H3,(H,32,33). The third kappa shape index (κ3) is 4.51. The minimum atomic E-state index is -3.72. The van der Waals surface area contributed by atoms with Gasteiger partial charge in [0.2, 0.25) is 10.0 Å². The minimum Gasteiger partial charge on any atom is -0.493 e. The number of aliphatic carboxylic acids is 1. The van der Waals surface area contributed by atoms with Gasteiger partial charge >= 0.3 is 5.97 Å². The molecule has 0 unspecified atom stereocenters. The summed E-state index contributed by atoms with van der Waals surface area (Å²) in [6.07, 6.45) is 4.09. The van der Waals surface area contributed by atoms with Gasteiger partial charge in [0.25, 0.3) is 5.91 Å². The van der Waals surface area contributed by atoms with Crippen molar-refractivity contribution in [2.24, 2.45) is 0 Å². The molecule has 2 aromatic heterocycles. The Morgan fingerprint density at radius 2 is 1.92 bits per heavy atom. The number of rotatable bonds is 7. The summed E-state index contributed by atoms with van der Waals surface area (Å²) in [6.45, 7) is 2.17. The quantitative estimate of drug-likeness (QED) is 0.483. The number of nitrogens with zero attached hydrogens (tertiary/aromatic N) is 5. The first-order chi connectivity index (χ1) is 18.2. The Morgan fingerprint density at radius 3 is 2.68 bits per heavy atom. The van der Waals surface area contributed by atoms with Crippen LogP contribution in [0.4, 0.5) is 23.0 Å². The molecule has 0 atom stereocenters. The molecule has 1 amide bonds. The second-order valence-corrected chi connectivity index (χ2v) is 11.0. The second kappa shape index (κ2) is 9.93. The van der Waals surface area contributed by atoms with Crippen molar-refractivity contribution in [3.05, 3.63) is 65.5 Å². The molecule has 0 spiro atoms. The molecule has 0 saturated carbocycles. The van der Waals surface area contributed by atoms with Crippen LogP contribution in [0.15, 0.2) is 48.8 Å². The molecule has 0 aliphatic carbocycles. The monoisotopic (exact) mass is 537 g/mol. The number of fused-ring (bicyclic) bond motifs is 3. The van der Waals surface area contributed by atoms with E-state index in [1.807, 2.05) is 24.0 Å². The van der Waals surface area contributed by atoms with Crippen molar-refractivity contribution in [3.8, 4) is 5.75 Å². The maximum atomic E-state index is 13.3. The van der Waals surface area contributed by atoms with Crippen molar-refractivity contribution in [2.75, 3.05) is 46.6 Å². The molecule has 0 bridgehead atoms. The number of carboxylic acid groups (broad SMARTS) is 1. The molecule has 198 valence electrons. The van der Waals surface area contributed by atoms with Crippen LogP contribution < -0.4 is 18.8 Å². The van der Waals surface area contributed by atoms with Crippen LogP contribution in [0.1, 0.15) is 28.4 Å². The largest absolute Gasteiger partial charge is 0.493 e. The first kappa shape index (κ1) is 25.5. The molecule has 3 aromatic rings. The fourth-order valence-electron chi connectivity index (χ4n) is 4.81. The highest BCUT2D eigenvalue weighted by atomic mass is 32.2. The smallest absolute Gasteiger partial charge is 0.324 e. The van der Waals surface area contributed by atoms with Crippen molar-refractivity contribution in [2.45, 2.75) is 19.8 Å². The summed E-state index contributed by atoms with van der Waals surface area (Å²) in [5.74, 6) is 0.110. The van der Waals surface area contributed by atoms with E-state index in [1.54, 1.807) is 48.6 Å². The van der Waals surface area contributed by atoms with Gasteiger partial charge in [0.05, 0.1) is 29.3 Å². The Balaban J connectivity index is 1.37. The Kier molecular flexibility index (Phi) is 6.66. The van der Waals surface area contributed by atoms with Gasteiger partial charge < -0.3 is 19.6 Å². The highest BCUT2D eigenvalue weighted by Crippen LogP contribution is 2.38. The van der Waals surface area contributed by atoms with E-state index in [9.17, 15) is 23.1 Å². The summed E-state index contributed by atoms with van der Waals surface area (Å²) in [5, 5.41) is 9.20. The molecule has 11 nitrogen and oxygen atoms in total. The number of benzene rings is 1. The highest BCUT2D eigenvalue weighted by Gasteiger charge is 2.33. The van der Waals surface area contributed by atoms with Crippen LogP contribution >= 0.6 is 0 Å². The highest BCUT2D eigenvalue weighted by molar-refractivity contribution is 7.92. The number of hydrogen-bond acceptors (Lipinski definition) is 8. The number of carbonyl (C=O) groups is 2. The number of carbonyl (C=O) groups excluding carboxylic acids is 1. The van der Waals surface area contributed by atoms with Crippen LogP contribution in [0, 0.1) is 0 Å². The van der Waals surface area contributed by atoms with E-state index in [4.69, 9.17) is 4.74 Å². The molecule has 2 aliphatic rings. The average Bonchev–Trinajstić information content (AvgIpc) is 2.98. The fourth-order valence-corrected chi connectivity index (χ4v) is 6.27. The Morgan fingerprint density at radius 1 is 1.13 bits per heavy atom. The molecule has 0 saturated heterocycles. The minimum absolute atomic E-state index is 0.183. The Bertz CT molecular complexity index is 1530. The number of ether oxygens (including phenoxy) is 1. The first-order valence-corrected chi connectivity index (χ1v) is 13.8. The number of carboxylic acids is 1. The summed E-state index contributed by atoms with van der Waals surface area (Å²) >= 11 is 0. The number of aromatic nitrogens is 2. The number of anilines is 4. The average molecular weight is 538 g/mol. The van der Waals surface area contributed by atoms with Crippen LogP contribution in [0.25, 0.3) is 0 Å². The van der Waals surface area contributed by atoms with E-state index in [0.717, 1.165) is 9.87 Å². The number of amides is 1. The van der Waals surface area contributed by atoms with Crippen molar-refractivity contribution in [3.63, 3.8) is 0 Å². The number of hydrogen-bond donors (Lipinski definition) is 1. The van der Waals surface area contributed by atoms with E-state index < -0.39 is 22.5 Å². The Hall–Kier alpha value is -4.19.